The molecule has 7 heteroatoms. The highest BCUT2D eigenvalue weighted by Gasteiger charge is 2.19. The van der Waals surface area contributed by atoms with E-state index in [9.17, 15) is 5.26 Å². The van der Waals surface area contributed by atoms with E-state index < -0.39 is 0 Å². The van der Waals surface area contributed by atoms with Crippen molar-refractivity contribution < 1.29 is 18.9 Å². The zero-order chi connectivity index (χ0) is 24.1. The van der Waals surface area contributed by atoms with Crippen LogP contribution in [0.25, 0.3) is 22.4 Å². The van der Waals surface area contributed by atoms with Gasteiger partial charge in [0.05, 0.1) is 27.0 Å². The molecule has 0 aliphatic heterocycles. The molecule has 2 N–H and O–H groups in total. The maximum atomic E-state index is 9.78. The lowest BCUT2D eigenvalue weighted by Gasteiger charge is -2.16. The number of nitriles is 1. The average molecular weight is 453 g/mol. The first-order valence-electron chi connectivity index (χ1n) is 10.4. The standard InChI is InChI=1S/C27H23N3O4/c1-31-24-13-18(14-25(32-2)26(24)33-3)21-15-23(30-27(29)22(21)16-28)17-9-11-20(12-10-17)34-19-7-5-4-6-8-19/h4-15H,1-3H3,(H2,29,30). The molecule has 0 saturated heterocycles. The van der Waals surface area contributed by atoms with Crippen LogP contribution < -0.4 is 24.7 Å². The predicted molar refractivity (Wildman–Crippen MR) is 130 cm³/mol. The summed E-state index contributed by atoms with van der Waals surface area (Å²) in [5, 5.41) is 9.78. The fourth-order valence-electron chi connectivity index (χ4n) is 3.61. The van der Waals surface area contributed by atoms with Gasteiger partial charge in [-0.2, -0.15) is 5.26 Å². The maximum absolute atomic E-state index is 9.78. The normalized spacial score (nSPS) is 10.3. The van der Waals surface area contributed by atoms with Crippen molar-refractivity contribution in [3.8, 4) is 57.2 Å². The zero-order valence-corrected chi connectivity index (χ0v) is 19.0. The Bertz CT molecular complexity index is 1320. The highest BCUT2D eigenvalue weighted by atomic mass is 16.5. The van der Waals surface area contributed by atoms with Crippen molar-refractivity contribution in [3.05, 3.63) is 78.4 Å². The molecule has 1 heterocycles. The van der Waals surface area contributed by atoms with E-state index in [0.717, 1.165) is 11.3 Å². The third kappa shape index (κ3) is 4.43. The number of nitrogens with two attached hydrogens (primary N) is 1. The van der Waals surface area contributed by atoms with Gasteiger partial charge in [-0.15, -0.1) is 0 Å². The first-order chi connectivity index (χ1) is 16.6. The molecule has 0 bridgehead atoms. The van der Waals surface area contributed by atoms with Crippen molar-refractivity contribution in [1.82, 2.24) is 4.98 Å². The number of hydrogen-bond acceptors (Lipinski definition) is 7. The second-order valence-electron chi connectivity index (χ2n) is 7.28. The van der Waals surface area contributed by atoms with Crippen LogP contribution in [0.4, 0.5) is 5.82 Å². The Morgan fingerprint density at radius 1 is 0.765 bits per heavy atom. The number of aromatic nitrogens is 1. The number of para-hydroxylation sites is 1. The third-order valence-electron chi connectivity index (χ3n) is 5.26. The van der Waals surface area contributed by atoms with E-state index in [0.29, 0.717) is 39.8 Å². The van der Waals surface area contributed by atoms with E-state index in [4.69, 9.17) is 24.7 Å². The second-order valence-corrected chi connectivity index (χ2v) is 7.28. The minimum Gasteiger partial charge on any atom is -0.493 e. The fourth-order valence-corrected chi connectivity index (χ4v) is 3.61. The van der Waals surface area contributed by atoms with Gasteiger partial charge in [-0.3, -0.25) is 0 Å². The molecule has 0 spiro atoms. The number of methoxy groups -OCH3 is 3. The smallest absolute Gasteiger partial charge is 0.203 e. The molecule has 0 radical (unpaired) electrons. The molecule has 0 unspecified atom stereocenters. The van der Waals surface area contributed by atoms with E-state index in [1.807, 2.05) is 60.7 Å². The summed E-state index contributed by atoms with van der Waals surface area (Å²) in [6, 6.07) is 24.6. The monoisotopic (exact) mass is 453 g/mol. The summed E-state index contributed by atoms with van der Waals surface area (Å²) >= 11 is 0. The van der Waals surface area contributed by atoms with Crippen LogP contribution in [0.2, 0.25) is 0 Å². The van der Waals surface area contributed by atoms with Gasteiger partial charge in [0.25, 0.3) is 0 Å². The minimum absolute atomic E-state index is 0.133. The highest BCUT2D eigenvalue weighted by Crippen LogP contribution is 2.43. The Kier molecular flexibility index (Phi) is 6.51. The SMILES string of the molecule is COc1cc(-c2cc(-c3ccc(Oc4ccccc4)cc3)nc(N)c2C#N)cc(OC)c1OC. The van der Waals surface area contributed by atoms with Gasteiger partial charge < -0.3 is 24.7 Å². The zero-order valence-electron chi connectivity index (χ0n) is 19.0. The van der Waals surface area contributed by atoms with Gasteiger partial charge >= 0.3 is 0 Å². The lowest BCUT2D eigenvalue weighted by Crippen LogP contribution is -2.01. The van der Waals surface area contributed by atoms with Crippen LogP contribution in [0.15, 0.2) is 72.8 Å². The first-order valence-corrected chi connectivity index (χ1v) is 10.4. The topological polar surface area (TPSA) is 99.6 Å². The molecule has 0 fully saturated rings. The van der Waals surface area contributed by atoms with Crippen LogP contribution in [0.1, 0.15) is 5.56 Å². The largest absolute Gasteiger partial charge is 0.493 e. The van der Waals surface area contributed by atoms with Gasteiger partial charge in [0, 0.05) is 11.1 Å². The van der Waals surface area contributed by atoms with Gasteiger partial charge in [-0.05, 0) is 60.2 Å². The minimum atomic E-state index is 0.133. The van der Waals surface area contributed by atoms with Crippen molar-refractivity contribution in [1.29, 1.82) is 5.26 Å². The summed E-state index contributed by atoms with van der Waals surface area (Å²) in [4.78, 5) is 4.46. The van der Waals surface area contributed by atoms with E-state index in [2.05, 4.69) is 11.1 Å². The van der Waals surface area contributed by atoms with E-state index in [1.54, 1.807) is 12.1 Å². The number of benzene rings is 3. The van der Waals surface area contributed by atoms with Crippen LogP contribution in [-0.4, -0.2) is 26.3 Å². The molecule has 0 aliphatic rings. The number of hydrogen-bond donors (Lipinski definition) is 1. The molecule has 34 heavy (non-hydrogen) atoms. The van der Waals surface area contributed by atoms with E-state index in [1.165, 1.54) is 21.3 Å². The molecular formula is C27H23N3O4. The van der Waals surface area contributed by atoms with Crippen LogP contribution in [0.3, 0.4) is 0 Å². The lowest BCUT2D eigenvalue weighted by molar-refractivity contribution is 0.324. The summed E-state index contributed by atoms with van der Waals surface area (Å²) in [7, 11) is 4.61. The number of anilines is 1. The summed E-state index contributed by atoms with van der Waals surface area (Å²) in [6.07, 6.45) is 0. The molecular weight excluding hydrogens is 430 g/mol. The van der Waals surface area contributed by atoms with Crippen LogP contribution in [0, 0.1) is 11.3 Å². The maximum Gasteiger partial charge on any atom is 0.203 e. The van der Waals surface area contributed by atoms with Gasteiger partial charge in [0.1, 0.15) is 28.9 Å². The molecule has 4 aromatic rings. The molecule has 1 aromatic heterocycles. The Hall–Kier alpha value is -4.70. The molecule has 0 atom stereocenters. The second kappa shape index (κ2) is 9.84. The van der Waals surface area contributed by atoms with Gasteiger partial charge in [0.15, 0.2) is 11.5 Å². The summed E-state index contributed by atoms with van der Waals surface area (Å²) in [6.45, 7) is 0. The molecule has 0 aliphatic carbocycles. The molecule has 7 nitrogen and oxygen atoms in total. The quantitative estimate of drug-likeness (QED) is 0.384. The Balaban J connectivity index is 1.76. The highest BCUT2D eigenvalue weighted by molar-refractivity contribution is 5.82. The van der Waals surface area contributed by atoms with Crippen molar-refractivity contribution in [2.45, 2.75) is 0 Å². The Morgan fingerprint density at radius 3 is 1.94 bits per heavy atom. The van der Waals surface area contributed by atoms with Gasteiger partial charge in [-0.1, -0.05) is 18.2 Å². The third-order valence-corrected chi connectivity index (χ3v) is 5.26. The molecule has 0 amide bonds. The summed E-state index contributed by atoms with van der Waals surface area (Å²) < 4.78 is 22.2. The fraction of sp³-hybridized carbons (Fsp3) is 0.111. The van der Waals surface area contributed by atoms with Crippen LogP contribution in [-0.2, 0) is 0 Å². The van der Waals surface area contributed by atoms with Crippen molar-refractivity contribution >= 4 is 5.82 Å². The van der Waals surface area contributed by atoms with Crippen LogP contribution in [0.5, 0.6) is 28.7 Å². The van der Waals surface area contributed by atoms with Gasteiger partial charge in [0.2, 0.25) is 5.75 Å². The molecule has 0 saturated carbocycles. The first kappa shape index (κ1) is 22.5. The number of rotatable bonds is 7. The van der Waals surface area contributed by atoms with Crippen LogP contribution >= 0.6 is 0 Å². The molecule has 170 valence electrons. The van der Waals surface area contributed by atoms with E-state index in [-0.39, 0.29) is 11.4 Å². The number of nitrogen functional groups attached to an aromatic ring is 1. The number of ether oxygens (including phenoxy) is 4. The molecule has 3 aromatic carbocycles. The van der Waals surface area contributed by atoms with Crippen molar-refractivity contribution in [3.63, 3.8) is 0 Å². The molecule has 4 rings (SSSR count). The Morgan fingerprint density at radius 2 is 1.38 bits per heavy atom. The van der Waals surface area contributed by atoms with E-state index >= 15 is 0 Å². The van der Waals surface area contributed by atoms with Crippen molar-refractivity contribution in [2.75, 3.05) is 27.1 Å². The number of nitrogens with zero attached hydrogens (tertiary/aromatic N) is 2. The summed E-state index contributed by atoms with van der Waals surface area (Å²) in [5.41, 5.74) is 9.19. The number of pyridine rings is 1. The van der Waals surface area contributed by atoms with Crippen molar-refractivity contribution in [2.24, 2.45) is 0 Å². The average Bonchev–Trinajstić information content (AvgIpc) is 2.88. The lowest BCUT2D eigenvalue weighted by atomic mass is 9.97. The van der Waals surface area contributed by atoms with Gasteiger partial charge in [-0.25, -0.2) is 4.98 Å². The Labute approximate surface area is 197 Å². The summed E-state index contributed by atoms with van der Waals surface area (Å²) in [5.74, 6) is 2.99. The predicted octanol–water partition coefficient (Wildman–Crippen LogP) is 5.69.